The first-order chi connectivity index (χ1) is 13.4. The zero-order chi connectivity index (χ0) is 20.3. The minimum Gasteiger partial charge on any atom is -0.452 e. The fourth-order valence-electron chi connectivity index (χ4n) is 2.46. The van der Waals surface area contributed by atoms with Crippen molar-refractivity contribution in [3.63, 3.8) is 0 Å². The van der Waals surface area contributed by atoms with Gasteiger partial charge in [-0.25, -0.2) is 9.18 Å². The Morgan fingerprint density at radius 3 is 2.57 bits per heavy atom. The van der Waals surface area contributed by atoms with Gasteiger partial charge in [0.15, 0.2) is 6.61 Å². The van der Waals surface area contributed by atoms with E-state index in [9.17, 15) is 14.0 Å². The second-order valence-corrected chi connectivity index (χ2v) is 6.48. The number of halogens is 3. The van der Waals surface area contributed by atoms with Crippen LogP contribution in [0.3, 0.4) is 0 Å². The molecule has 0 bridgehead atoms. The van der Waals surface area contributed by atoms with E-state index in [1.54, 1.807) is 24.3 Å². The number of anilines is 1. The summed E-state index contributed by atoms with van der Waals surface area (Å²) in [4.78, 5) is 24.5. The number of nitrogens with zero attached hydrogens (tertiary/aromatic N) is 1. The van der Waals surface area contributed by atoms with Crippen molar-refractivity contribution in [1.29, 1.82) is 0 Å². The molecule has 2 aromatic carbocycles. The van der Waals surface area contributed by atoms with E-state index in [2.05, 4.69) is 10.5 Å². The third-order valence-corrected chi connectivity index (χ3v) is 4.39. The fourth-order valence-corrected chi connectivity index (χ4v) is 2.89. The molecular formula is C19H13Cl2FN2O4. The van der Waals surface area contributed by atoms with Crippen LogP contribution in [0.15, 0.2) is 47.0 Å². The minimum absolute atomic E-state index is 0.0545. The van der Waals surface area contributed by atoms with Crippen molar-refractivity contribution >= 4 is 40.8 Å². The van der Waals surface area contributed by atoms with Crippen LogP contribution in [0.2, 0.25) is 10.0 Å². The van der Waals surface area contributed by atoms with E-state index in [0.717, 1.165) is 0 Å². The molecule has 0 atom stereocenters. The first-order valence-corrected chi connectivity index (χ1v) is 8.76. The summed E-state index contributed by atoms with van der Waals surface area (Å²) in [5, 5.41) is 6.63. The number of carbonyl (C=O) groups is 2. The summed E-state index contributed by atoms with van der Waals surface area (Å²) in [6.07, 6.45) is 0. The molecule has 0 aliphatic carbocycles. The van der Waals surface area contributed by atoms with Gasteiger partial charge in [0.25, 0.3) is 5.91 Å². The van der Waals surface area contributed by atoms with Crippen LogP contribution in [0, 0.1) is 12.7 Å². The average Bonchev–Trinajstić information content (AvgIpc) is 3.03. The molecule has 28 heavy (non-hydrogen) atoms. The molecule has 0 saturated carbocycles. The number of para-hydroxylation sites is 1. The number of hydrogen-bond donors (Lipinski definition) is 1. The maximum Gasteiger partial charge on any atom is 0.344 e. The summed E-state index contributed by atoms with van der Waals surface area (Å²) >= 11 is 12.0. The van der Waals surface area contributed by atoms with E-state index in [4.69, 9.17) is 32.5 Å². The lowest BCUT2D eigenvalue weighted by atomic mass is 10.1. The molecule has 0 fully saturated rings. The molecule has 0 aliphatic rings. The van der Waals surface area contributed by atoms with Gasteiger partial charge in [-0.05, 0) is 31.2 Å². The molecule has 6 nitrogen and oxygen atoms in total. The molecule has 3 rings (SSSR count). The number of amides is 1. The molecule has 0 saturated heterocycles. The first-order valence-electron chi connectivity index (χ1n) is 8.00. The molecule has 3 aromatic rings. The van der Waals surface area contributed by atoms with Gasteiger partial charge in [-0.2, -0.15) is 0 Å². The van der Waals surface area contributed by atoms with Gasteiger partial charge < -0.3 is 14.6 Å². The zero-order valence-electron chi connectivity index (χ0n) is 14.5. The minimum atomic E-state index is -0.901. The third-order valence-electron chi connectivity index (χ3n) is 3.75. The quantitative estimate of drug-likeness (QED) is 0.591. The van der Waals surface area contributed by atoms with E-state index < -0.39 is 24.3 Å². The van der Waals surface area contributed by atoms with Crippen LogP contribution >= 0.6 is 23.2 Å². The molecular weight excluding hydrogens is 410 g/mol. The van der Waals surface area contributed by atoms with E-state index in [-0.39, 0.29) is 27.6 Å². The summed E-state index contributed by atoms with van der Waals surface area (Å²) in [5.74, 6) is -2.07. The van der Waals surface area contributed by atoms with E-state index in [1.165, 1.54) is 25.1 Å². The Labute approximate surface area is 169 Å². The van der Waals surface area contributed by atoms with Gasteiger partial charge in [-0.1, -0.05) is 46.6 Å². The van der Waals surface area contributed by atoms with E-state index in [1.807, 2.05) is 0 Å². The van der Waals surface area contributed by atoms with E-state index >= 15 is 0 Å². The average molecular weight is 423 g/mol. The van der Waals surface area contributed by atoms with Gasteiger partial charge in [0, 0.05) is 0 Å². The number of benzene rings is 2. The molecule has 0 spiro atoms. The Bertz CT molecular complexity index is 1030. The highest BCUT2D eigenvalue weighted by Gasteiger charge is 2.27. The van der Waals surface area contributed by atoms with Gasteiger partial charge in [0.05, 0.1) is 21.3 Å². The Hall–Kier alpha value is -2.90. The van der Waals surface area contributed by atoms with Crippen LogP contribution in [-0.2, 0) is 9.53 Å². The second kappa shape index (κ2) is 8.41. The predicted octanol–water partition coefficient (Wildman–Crippen LogP) is 4.89. The van der Waals surface area contributed by atoms with Crippen molar-refractivity contribution in [3.8, 4) is 11.3 Å². The van der Waals surface area contributed by atoms with Gasteiger partial charge in [-0.3, -0.25) is 4.79 Å². The van der Waals surface area contributed by atoms with Crippen molar-refractivity contribution < 1.29 is 23.2 Å². The number of aryl methyl sites for hydroxylation is 1. The Kier molecular flexibility index (Phi) is 5.96. The Balaban J connectivity index is 1.76. The number of ether oxygens (including phenoxy) is 1. The molecule has 1 N–H and O–H groups in total. The monoisotopic (exact) mass is 422 g/mol. The molecule has 1 amide bonds. The summed E-state index contributed by atoms with van der Waals surface area (Å²) in [6, 6.07) is 10.7. The molecule has 1 aromatic heterocycles. The highest BCUT2D eigenvalue weighted by Crippen LogP contribution is 2.33. The maximum atomic E-state index is 14.2. The predicted molar refractivity (Wildman–Crippen MR) is 102 cm³/mol. The normalized spacial score (nSPS) is 10.6. The third kappa shape index (κ3) is 4.16. The molecule has 1 heterocycles. The molecule has 0 unspecified atom stereocenters. The van der Waals surface area contributed by atoms with Gasteiger partial charge in [-0.15, -0.1) is 0 Å². The number of esters is 1. The lowest BCUT2D eigenvalue weighted by Crippen LogP contribution is -2.21. The topological polar surface area (TPSA) is 81.4 Å². The summed E-state index contributed by atoms with van der Waals surface area (Å²) in [6.45, 7) is 0.880. The number of nitrogens with one attached hydrogen (secondary N) is 1. The number of hydrogen-bond acceptors (Lipinski definition) is 5. The largest absolute Gasteiger partial charge is 0.452 e. The van der Waals surface area contributed by atoms with Crippen molar-refractivity contribution in [2.45, 2.75) is 6.92 Å². The SMILES string of the molecule is Cc1onc(-c2c(F)cccc2Cl)c1C(=O)OCC(=O)Nc1ccccc1Cl. The van der Waals surface area contributed by atoms with Crippen molar-refractivity contribution in [3.05, 3.63) is 69.7 Å². The van der Waals surface area contributed by atoms with Gasteiger partial charge in [0.2, 0.25) is 0 Å². The van der Waals surface area contributed by atoms with Crippen LogP contribution in [0.25, 0.3) is 11.3 Å². The second-order valence-electron chi connectivity index (χ2n) is 5.66. The Morgan fingerprint density at radius 1 is 1.14 bits per heavy atom. The van der Waals surface area contributed by atoms with Gasteiger partial charge >= 0.3 is 5.97 Å². The lowest BCUT2D eigenvalue weighted by molar-refractivity contribution is -0.119. The number of rotatable bonds is 5. The number of aromatic nitrogens is 1. The smallest absolute Gasteiger partial charge is 0.344 e. The maximum absolute atomic E-state index is 14.2. The highest BCUT2D eigenvalue weighted by atomic mass is 35.5. The van der Waals surface area contributed by atoms with Crippen LogP contribution in [0.4, 0.5) is 10.1 Å². The van der Waals surface area contributed by atoms with Crippen LogP contribution < -0.4 is 5.32 Å². The molecule has 144 valence electrons. The standard InChI is InChI=1S/C19H13Cl2FN2O4/c1-10-16(18(24-28-10)17-12(21)6-4-7-13(17)22)19(26)27-9-15(25)23-14-8-3-2-5-11(14)20/h2-8H,9H2,1H3,(H,23,25). The zero-order valence-corrected chi connectivity index (χ0v) is 16.0. The van der Waals surface area contributed by atoms with Crippen LogP contribution in [0.5, 0.6) is 0 Å². The van der Waals surface area contributed by atoms with Gasteiger partial charge in [0.1, 0.15) is 22.8 Å². The van der Waals surface area contributed by atoms with Crippen molar-refractivity contribution in [2.75, 3.05) is 11.9 Å². The molecule has 0 aliphatic heterocycles. The lowest BCUT2D eigenvalue weighted by Gasteiger charge is -2.08. The van der Waals surface area contributed by atoms with Crippen molar-refractivity contribution in [2.24, 2.45) is 0 Å². The Morgan fingerprint density at radius 2 is 1.86 bits per heavy atom. The van der Waals surface area contributed by atoms with Crippen LogP contribution in [-0.4, -0.2) is 23.6 Å². The first kappa shape index (κ1) is 19.9. The van der Waals surface area contributed by atoms with Crippen LogP contribution in [0.1, 0.15) is 16.1 Å². The molecule has 9 heteroatoms. The summed E-state index contributed by atoms with van der Waals surface area (Å²) in [5.41, 5.74) is 0.0772. The molecule has 0 radical (unpaired) electrons. The number of carbonyl (C=O) groups excluding carboxylic acids is 2. The fraction of sp³-hybridized carbons (Fsp3) is 0.105. The van der Waals surface area contributed by atoms with Crippen molar-refractivity contribution in [1.82, 2.24) is 5.16 Å². The van der Waals surface area contributed by atoms with E-state index in [0.29, 0.717) is 10.7 Å². The summed E-state index contributed by atoms with van der Waals surface area (Å²) < 4.78 is 24.2. The summed E-state index contributed by atoms with van der Waals surface area (Å²) in [7, 11) is 0. The highest BCUT2D eigenvalue weighted by molar-refractivity contribution is 6.34.